The van der Waals surface area contributed by atoms with E-state index in [9.17, 15) is 4.79 Å². The number of fused-ring (bicyclic) bond motifs is 1. The van der Waals surface area contributed by atoms with Gasteiger partial charge in [-0.2, -0.15) is 0 Å². The van der Waals surface area contributed by atoms with Crippen molar-refractivity contribution in [3.63, 3.8) is 0 Å². The molecule has 1 aliphatic heterocycles. The van der Waals surface area contributed by atoms with Crippen molar-refractivity contribution in [1.82, 2.24) is 14.9 Å². The number of carbonyl (C=O) groups is 1. The number of carbonyl (C=O) groups excluding carboxylic acids is 1. The molecule has 2 aromatic rings. The van der Waals surface area contributed by atoms with Gasteiger partial charge in [-0.1, -0.05) is 0 Å². The van der Waals surface area contributed by atoms with Gasteiger partial charge in [-0.05, 0) is 36.5 Å². The lowest BCUT2D eigenvalue weighted by Crippen LogP contribution is -2.31. The van der Waals surface area contributed by atoms with E-state index in [-0.39, 0.29) is 0 Å². The van der Waals surface area contributed by atoms with Crippen LogP contribution in [-0.2, 0) is 4.79 Å². The number of aromatic nitrogens is 2. The molecule has 3 rings (SSSR count). The van der Waals surface area contributed by atoms with Gasteiger partial charge in [0.15, 0.2) is 0 Å². The molecule has 0 aliphatic carbocycles. The van der Waals surface area contributed by atoms with E-state index in [1.165, 1.54) is 5.56 Å². The van der Waals surface area contributed by atoms with Crippen LogP contribution in [0.25, 0.3) is 11.0 Å². The van der Waals surface area contributed by atoms with E-state index in [0.717, 1.165) is 43.4 Å². The number of H-pyrrole nitrogens is 1. The lowest BCUT2D eigenvalue weighted by molar-refractivity contribution is -0.119. The summed E-state index contributed by atoms with van der Waals surface area (Å²) < 4.78 is 0. The molecule has 17 heavy (non-hydrogen) atoms. The monoisotopic (exact) mass is 229 g/mol. The van der Waals surface area contributed by atoms with Crippen molar-refractivity contribution in [3.05, 3.63) is 30.1 Å². The summed E-state index contributed by atoms with van der Waals surface area (Å²) in [4.78, 5) is 20.2. The van der Waals surface area contributed by atoms with Crippen LogP contribution in [0.5, 0.6) is 0 Å². The summed E-state index contributed by atoms with van der Waals surface area (Å²) in [6.45, 7) is 1.71. The van der Waals surface area contributed by atoms with Gasteiger partial charge in [0, 0.05) is 25.5 Å². The average molecular weight is 229 g/mol. The zero-order valence-corrected chi connectivity index (χ0v) is 9.60. The third-order valence-corrected chi connectivity index (χ3v) is 3.58. The van der Waals surface area contributed by atoms with Crippen LogP contribution in [0.1, 0.15) is 24.3 Å². The van der Waals surface area contributed by atoms with E-state index in [2.05, 4.69) is 16.2 Å². The topological polar surface area (TPSA) is 49.0 Å². The van der Waals surface area contributed by atoms with E-state index >= 15 is 0 Å². The van der Waals surface area contributed by atoms with E-state index in [1.54, 1.807) is 0 Å². The van der Waals surface area contributed by atoms with Gasteiger partial charge in [0.1, 0.15) is 0 Å². The third-order valence-electron chi connectivity index (χ3n) is 3.58. The highest BCUT2D eigenvalue weighted by Gasteiger charge is 2.22. The van der Waals surface area contributed by atoms with Gasteiger partial charge >= 0.3 is 0 Å². The van der Waals surface area contributed by atoms with Gasteiger partial charge in [-0.25, -0.2) is 0 Å². The number of aromatic amines is 1. The first-order valence-electron chi connectivity index (χ1n) is 6.00. The first-order valence-corrected chi connectivity index (χ1v) is 6.00. The summed E-state index contributed by atoms with van der Waals surface area (Å²) >= 11 is 0. The maximum atomic E-state index is 10.7. The van der Waals surface area contributed by atoms with E-state index in [1.807, 2.05) is 23.2 Å². The molecule has 0 spiro atoms. The van der Waals surface area contributed by atoms with Crippen molar-refractivity contribution in [2.75, 3.05) is 13.1 Å². The second-order valence-electron chi connectivity index (χ2n) is 4.56. The summed E-state index contributed by atoms with van der Waals surface area (Å²) in [6.07, 6.45) is 6.91. The third kappa shape index (κ3) is 1.79. The zero-order chi connectivity index (χ0) is 11.7. The number of likely N-dealkylation sites (tertiary alicyclic amines) is 1. The van der Waals surface area contributed by atoms with Crippen LogP contribution >= 0.6 is 0 Å². The van der Waals surface area contributed by atoms with Crippen molar-refractivity contribution in [2.45, 2.75) is 18.8 Å². The molecule has 88 valence electrons. The minimum absolute atomic E-state index is 0.523. The molecule has 1 saturated heterocycles. The fourth-order valence-electron chi connectivity index (χ4n) is 2.60. The predicted octanol–water partition coefficient (Wildman–Crippen LogP) is 1.90. The summed E-state index contributed by atoms with van der Waals surface area (Å²) in [5.41, 5.74) is 3.48. The van der Waals surface area contributed by atoms with Crippen LogP contribution < -0.4 is 0 Å². The smallest absolute Gasteiger partial charge is 0.209 e. The largest absolute Gasteiger partial charge is 0.360 e. The Balaban J connectivity index is 1.87. The van der Waals surface area contributed by atoms with Gasteiger partial charge in [-0.3, -0.25) is 9.78 Å². The van der Waals surface area contributed by atoms with Crippen molar-refractivity contribution >= 4 is 17.4 Å². The Labute approximate surface area is 99.6 Å². The number of hydrogen-bond donors (Lipinski definition) is 1. The molecule has 0 radical (unpaired) electrons. The van der Waals surface area contributed by atoms with Crippen LogP contribution in [0.4, 0.5) is 0 Å². The molecule has 3 heterocycles. The van der Waals surface area contributed by atoms with Gasteiger partial charge in [0.25, 0.3) is 0 Å². The Hall–Kier alpha value is -1.84. The second kappa shape index (κ2) is 4.20. The van der Waals surface area contributed by atoms with Crippen molar-refractivity contribution < 1.29 is 4.79 Å². The molecule has 0 unspecified atom stereocenters. The summed E-state index contributed by atoms with van der Waals surface area (Å²) in [5.74, 6) is 0.523. The maximum absolute atomic E-state index is 10.7. The molecule has 1 aliphatic rings. The Morgan fingerprint density at radius 3 is 3.00 bits per heavy atom. The summed E-state index contributed by atoms with van der Waals surface area (Å²) in [7, 11) is 0. The zero-order valence-electron chi connectivity index (χ0n) is 9.60. The molecule has 1 amide bonds. The van der Waals surface area contributed by atoms with Crippen LogP contribution in [0.15, 0.2) is 24.5 Å². The predicted molar refractivity (Wildman–Crippen MR) is 65.7 cm³/mol. The van der Waals surface area contributed by atoms with Crippen LogP contribution in [0.3, 0.4) is 0 Å². The Morgan fingerprint density at radius 2 is 2.24 bits per heavy atom. The number of hydrogen-bond acceptors (Lipinski definition) is 2. The lowest BCUT2D eigenvalue weighted by atomic mass is 9.91. The van der Waals surface area contributed by atoms with Crippen molar-refractivity contribution in [1.29, 1.82) is 0 Å². The quantitative estimate of drug-likeness (QED) is 0.799. The average Bonchev–Trinajstić information content (AvgIpc) is 2.83. The number of pyridine rings is 1. The fourth-order valence-corrected chi connectivity index (χ4v) is 2.60. The molecule has 0 aromatic carbocycles. The number of rotatable bonds is 2. The Morgan fingerprint density at radius 1 is 1.41 bits per heavy atom. The first kappa shape index (κ1) is 10.3. The summed E-state index contributed by atoms with van der Waals surface area (Å²) in [6, 6.07) is 3.99. The van der Waals surface area contributed by atoms with Gasteiger partial charge in [0.05, 0.1) is 11.0 Å². The molecular formula is C13H15N3O. The molecule has 2 aromatic heterocycles. The number of piperidine rings is 1. The van der Waals surface area contributed by atoms with Gasteiger partial charge < -0.3 is 9.88 Å². The molecule has 4 nitrogen and oxygen atoms in total. The molecule has 0 bridgehead atoms. The minimum atomic E-state index is 0.523. The van der Waals surface area contributed by atoms with Gasteiger partial charge in [0.2, 0.25) is 6.41 Å². The number of nitrogens with zero attached hydrogens (tertiary/aromatic N) is 2. The normalized spacial score (nSPS) is 17.5. The highest BCUT2D eigenvalue weighted by Crippen LogP contribution is 2.31. The van der Waals surface area contributed by atoms with Crippen molar-refractivity contribution in [2.24, 2.45) is 0 Å². The molecule has 4 heteroatoms. The van der Waals surface area contributed by atoms with Crippen LogP contribution in [0.2, 0.25) is 0 Å². The first-order chi connectivity index (χ1) is 8.38. The van der Waals surface area contributed by atoms with Crippen LogP contribution in [0, 0.1) is 0 Å². The number of amides is 1. The number of nitrogens with one attached hydrogen (secondary N) is 1. The molecular weight excluding hydrogens is 214 g/mol. The standard InChI is InChI=1S/C13H15N3O/c17-9-16-6-3-10(4-7-16)11-8-15-12-2-1-5-14-13(11)12/h1-2,5,8-10,15H,3-4,6-7H2. The van der Waals surface area contributed by atoms with E-state index in [4.69, 9.17) is 0 Å². The molecule has 0 atom stereocenters. The van der Waals surface area contributed by atoms with Gasteiger partial charge in [-0.15, -0.1) is 0 Å². The fraction of sp³-hybridized carbons (Fsp3) is 0.385. The Kier molecular flexibility index (Phi) is 2.55. The highest BCUT2D eigenvalue weighted by atomic mass is 16.1. The maximum Gasteiger partial charge on any atom is 0.209 e. The summed E-state index contributed by atoms with van der Waals surface area (Å²) in [5, 5.41) is 0. The lowest BCUT2D eigenvalue weighted by Gasteiger charge is -2.28. The van der Waals surface area contributed by atoms with Crippen LogP contribution in [-0.4, -0.2) is 34.4 Å². The second-order valence-corrected chi connectivity index (χ2v) is 4.56. The SMILES string of the molecule is O=CN1CCC(c2c[nH]c3cccnc23)CC1. The highest BCUT2D eigenvalue weighted by molar-refractivity contribution is 5.79. The molecule has 1 fully saturated rings. The minimum Gasteiger partial charge on any atom is -0.360 e. The molecule has 0 saturated carbocycles. The van der Waals surface area contributed by atoms with E-state index < -0.39 is 0 Å². The van der Waals surface area contributed by atoms with Crippen molar-refractivity contribution in [3.8, 4) is 0 Å². The molecule has 1 N–H and O–H groups in total. The van der Waals surface area contributed by atoms with E-state index in [0.29, 0.717) is 5.92 Å². The Bertz CT molecular complexity index is 526.